The van der Waals surface area contributed by atoms with Crippen LogP contribution in [0.15, 0.2) is 18.2 Å². The van der Waals surface area contributed by atoms with Gasteiger partial charge < -0.3 is 10.6 Å². The number of nitrogens with two attached hydrogens (primary N) is 1. The number of para-hydroxylation sites is 1. The Kier molecular flexibility index (Phi) is 2.42. The van der Waals surface area contributed by atoms with Crippen LogP contribution in [0.1, 0.15) is 18.0 Å². The molecule has 3 rings (SSSR count). The molecule has 2 aromatic rings. The molecule has 1 aliphatic heterocycles. The highest BCUT2D eigenvalue weighted by Crippen LogP contribution is 2.30. The molecule has 1 amide bonds. The number of benzene rings is 1. The standard InChI is InChI=1S/C13H13N5O/c1-17-6-5-10(12(17)19)18-9-4-2-3-8(7-14)11(9)16-13(18)15/h2-4,10H,5-6H2,1H3,(H2,15,16). The van der Waals surface area contributed by atoms with Crippen molar-refractivity contribution in [3.63, 3.8) is 0 Å². The summed E-state index contributed by atoms with van der Waals surface area (Å²) in [4.78, 5) is 18.0. The lowest BCUT2D eigenvalue weighted by atomic mass is 10.2. The van der Waals surface area contributed by atoms with Crippen LogP contribution in [0, 0.1) is 11.3 Å². The largest absolute Gasteiger partial charge is 0.369 e. The number of hydrogen-bond acceptors (Lipinski definition) is 4. The lowest BCUT2D eigenvalue weighted by Gasteiger charge is -2.14. The van der Waals surface area contributed by atoms with Crippen LogP contribution >= 0.6 is 0 Å². The van der Waals surface area contributed by atoms with Crippen molar-refractivity contribution in [2.75, 3.05) is 19.3 Å². The van der Waals surface area contributed by atoms with Crippen molar-refractivity contribution >= 4 is 22.9 Å². The van der Waals surface area contributed by atoms with Gasteiger partial charge in [0, 0.05) is 13.6 Å². The minimum Gasteiger partial charge on any atom is -0.369 e. The van der Waals surface area contributed by atoms with Gasteiger partial charge in [-0.3, -0.25) is 9.36 Å². The van der Waals surface area contributed by atoms with E-state index >= 15 is 0 Å². The summed E-state index contributed by atoms with van der Waals surface area (Å²) in [5.41, 5.74) is 7.71. The Balaban J connectivity index is 2.23. The van der Waals surface area contributed by atoms with Crippen LogP contribution in [0.3, 0.4) is 0 Å². The maximum Gasteiger partial charge on any atom is 0.245 e. The maximum atomic E-state index is 12.1. The first kappa shape index (κ1) is 11.5. The number of anilines is 1. The van der Waals surface area contributed by atoms with Crippen molar-refractivity contribution in [2.24, 2.45) is 0 Å². The molecule has 1 saturated heterocycles. The molecule has 1 aromatic carbocycles. The number of nitriles is 1. The molecule has 1 aromatic heterocycles. The number of nitrogens with zero attached hydrogens (tertiary/aromatic N) is 4. The van der Waals surface area contributed by atoms with Gasteiger partial charge in [0.05, 0.1) is 11.1 Å². The van der Waals surface area contributed by atoms with Gasteiger partial charge in [-0.05, 0) is 18.6 Å². The minimum absolute atomic E-state index is 0.0355. The number of fused-ring (bicyclic) bond motifs is 1. The van der Waals surface area contributed by atoms with E-state index in [9.17, 15) is 4.79 Å². The first-order valence-corrected chi connectivity index (χ1v) is 6.05. The molecular weight excluding hydrogens is 242 g/mol. The number of likely N-dealkylation sites (N-methyl/N-ethyl adjacent to an activating group) is 1. The predicted octanol–water partition coefficient (Wildman–Crippen LogP) is 0.893. The zero-order chi connectivity index (χ0) is 13.6. The van der Waals surface area contributed by atoms with Crippen LogP contribution < -0.4 is 5.73 Å². The summed E-state index contributed by atoms with van der Waals surface area (Å²) >= 11 is 0. The first-order valence-electron chi connectivity index (χ1n) is 6.05. The monoisotopic (exact) mass is 255 g/mol. The van der Waals surface area contributed by atoms with Gasteiger partial charge in [-0.1, -0.05) is 6.07 Å². The van der Waals surface area contributed by atoms with Gasteiger partial charge in [0.1, 0.15) is 17.6 Å². The van der Waals surface area contributed by atoms with Crippen LogP contribution in [0.25, 0.3) is 11.0 Å². The lowest BCUT2D eigenvalue weighted by Crippen LogP contribution is -2.25. The fourth-order valence-corrected chi connectivity index (χ4v) is 2.60. The summed E-state index contributed by atoms with van der Waals surface area (Å²) in [6.45, 7) is 0.709. The first-order chi connectivity index (χ1) is 9.13. The molecule has 6 heteroatoms. The molecule has 0 bridgehead atoms. The van der Waals surface area contributed by atoms with E-state index in [4.69, 9.17) is 11.0 Å². The summed E-state index contributed by atoms with van der Waals surface area (Å²) in [6, 6.07) is 7.09. The second-order valence-corrected chi connectivity index (χ2v) is 4.69. The highest BCUT2D eigenvalue weighted by molar-refractivity contribution is 5.89. The lowest BCUT2D eigenvalue weighted by molar-refractivity contribution is -0.129. The van der Waals surface area contributed by atoms with Crippen LogP contribution in [-0.2, 0) is 4.79 Å². The van der Waals surface area contributed by atoms with Gasteiger partial charge in [0.15, 0.2) is 0 Å². The van der Waals surface area contributed by atoms with Crippen LogP contribution in [-0.4, -0.2) is 34.0 Å². The summed E-state index contributed by atoms with van der Waals surface area (Å²) in [5, 5.41) is 9.08. The summed E-state index contributed by atoms with van der Waals surface area (Å²) in [5.74, 6) is 0.319. The topological polar surface area (TPSA) is 87.9 Å². The average Bonchev–Trinajstić information content (AvgIpc) is 2.90. The number of amides is 1. The number of aromatic nitrogens is 2. The van der Waals surface area contributed by atoms with Gasteiger partial charge in [-0.15, -0.1) is 0 Å². The molecule has 0 radical (unpaired) electrons. The summed E-state index contributed by atoms with van der Waals surface area (Å²) < 4.78 is 1.74. The molecule has 1 unspecified atom stereocenters. The number of nitrogen functional groups attached to an aromatic ring is 1. The number of carbonyl (C=O) groups excluding carboxylic acids is 1. The molecule has 1 atom stereocenters. The Morgan fingerprint density at radius 1 is 1.53 bits per heavy atom. The van der Waals surface area contributed by atoms with Crippen molar-refractivity contribution in [2.45, 2.75) is 12.5 Å². The number of hydrogen-bond donors (Lipinski definition) is 1. The number of imidazole rings is 1. The molecule has 6 nitrogen and oxygen atoms in total. The van der Waals surface area contributed by atoms with Crippen molar-refractivity contribution in [3.8, 4) is 6.07 Å². The molecule has 0 saturated carbocycles. The third-order valence-electron chi connectivity index (χ3n) is 3.58. The van der Waals surface area contributed by atoms with E-state index in [2.05, 4.69) is 11.1 Å². The molecule has 0 spiro atoms. The summed E-state index contributed by atoms with van der Waals surface area (Å²) in [6.07, 6.45) is 0.710. The van der Waals surface area contributed by atoms with Crippen LogP contribution in [0.2, 0.25) is 0 Å². The molecular formula is C13H13N5O. The van der Waals surface area contributed by atoms with Gasteiger partial charge >= 0.3 is 0 Å². The Morgan fingerprint density at radius 2 is 2.32 bits per heavy atom. The van der Waals surface area contributed by atoms with Crippen LogP contribution in [0.5, 0.6) is 0 Å². The van der Waals surface area contributed by atoms with Crippen molar-refractivity contribution < 1.29 is 4.79 Å². The van der Waals surface area contributed by atoms with E-state index in [1.165, 1.54) is 0 Å². The highest BCUT2D eigenvalue weighted by Gasteiger charge is 2.33. The molecule has 19 heavy (non-hydrogen) atoms. The van der Waals surface area contributed by atoms with Gasteiger partial charge in [0.25, 0.3) is 0 Å². The van der Waals surface area contributed by atoms with Crippen molar-refractivity contribution in [3.05, 3.63) is 23.8 Å². The molecule has 2 heterocycles. The Bertz CT molecular complexity index is 712. The smallest absolute Gasteiger partial charge is 0.245 e. The van der Waals surface area contributed by atoms with Gasteiger partial charge in [-0.25, -0.2) is 4.98 Å². The normalized spacial score (nSPS) is 19.1. The fraction of sp³-hybridized carbons (Fsp3) is 0.308. The highest BCUT2D eigenvalue weighted by atomic mass is 16.2. The second-order valence-electron chi connectivity index (χ2n) is 4.69. The van der Waals surface area contributed by atoms with E-state index in [0.717, 1.165) is 5.52 Å². The maximum absolute atomic E-state index is 12.1. The third kappa shape index (κ3) is 1.55. The molecule has 96 valence electrons. The average molecular weight is 255 g/mol. The van der Waals surface area contributed by atoms with Crippen LogP contribution in [0.4, 0.5) is 5.95 Å². The number of likely N-dealkylation sites (tertiary alicyclic amines) is 1. The fourth-order valence-electron chi connectivity index (χ4n) is 2.60. The van der Waals surface area contributed by atoms with E-state index in [1.54, 1.807) is 28.6 Å². The van der Waals surface area contributed by atoms with Gasteiger partial charge in [0.2, 0.25) is 11.9 Å². The SMILES string of the molecule is CN1CCC(n2c(N)nc3c(C#N)cccc32)C1=O. The Morgan fingerprint density at radius 3 is 2.95 bits per heavy atom. The predicted molar refractivity (Wildman–Crippen MR) is 70.2 cm³/mol. The molecule has 0 aliphatic carbocycles. The summed E-state index contributed by atoms with van der Waals surface area (Å²) in [7, 11) is 1.78. The Hall–Kier alpha value is -2.55. The number of carbonyl (C=O) groups is 1. The van der Waals surface area contributed by atoms with Crippen molar-refractivity contribution in [1.29, 1.82) is 5.26 Å². The van der Waals surface area contributed by atoms with E-state index in [0.29, 0.717) is 24.0 Å². The zero-order valence-corrected chi connectivity index (χ0v) is 10.5. The third-order valence-corrected chi connectivity index (χ3v) is 3.58. The molecule has 1 fully saturated rings. The minimum atomic E-state index is -0.316. The number of rotatable bonds is 1. The van der Waals surface area contributed by atoms with E-state index < -0.39 is 0 Å². The molecule has 2 N–H and O–H groups in total. The molecule has 1 aliphatic rings. The quantitative estimate of drug-likeness (QED) is 0.819. The Labute approximate surface area is 110 Å². The zero-order valence-electron chi connectivity index (χ0n) is 10.5. The van der Waals surface area contributed by atoms with E-state index in [1.807, 2.05) is 6.07 Å². The van der Waals surface area contributed by atoms with Crippen molar-refractivity contribution in [1.82, 2.24) is 14.5 Å². The van der Waals surface area contributed by atoms with E-state index in [-0.39, 0.29) is 17.9 Å². The second kappa shape index (κ2) is 3.99. The van der Waals surface area contributed by atoms with Gasteiger partial charge in [-0.2, -0.15) is 5.26 Å².